The van der Waals surface area contributed by atoms with E-state index in [0.29, 0.717) is 17.7 Å². The molecule has 0 spiro atoms. The molecule has 0 saturated carbocycles. The predicted molar refractivity (Wildman–Crippen MR) is 106 cm³/mol. The van der Waals surface area contributed by atoms with Crippen molar-refractivity contribution >= 4 is 0 Å². The number of likely N-dealkylation sites (tertiary alicyclic amines) is 1. The van der Waals surface area contributed by atoms with E-state index < -0.39 is 0 Å². The molecule has 0 unspecified atom stereocenters. The SMILES string of the molecule is CCCCCCCCCN1CC[C@]2(C)c3cc(O)ccc3C[C@H]1[C@H]2C. The molecular weight excluding hydrogens is 306 g/mol. The Kier molecular flexibility index (Phi) is 6.09. The Morgan fingerprint density at radius 1 is 1.12 bits per heavy atom. The van der Waals surface area contributed by atoms with Gasteiger partial charge in [-0.25, -0.2) is 0 Å². The summed E-state index contributed by atoms with van der Waals surface area (Å²) in [6, 6.07) is 6.75. The molecule has 2 aliphatic rings. The number of benzene rings is 1. The van der Waals surface area contributed by atoms with Crippen molar-refractivity contribution in [2.45, 2.75) is 90.0 Å². The molecule has 1 saturated heterocycles. The minimum absolute atomic E-state index is 0.230. The number of fused-ring (bicyclic) bond motifs is 4. The molecule has 1 N–H and O–H groups in total. The topological polar surface area (TPSA) is 23.5 Å². The van der Waals surface area contributed by atoms with Crippen molar-refractivity contribution in [3.8, 4) is 5.75 Å². The second-order valence-corrected chi connectivity index (χ2v) is 8.73. The number of piperidine rings is 1. The van der Waals surface area contributed by atoms with E-state index in [9.17, 15) is 5.11 Å². The Balaban J connectivity index is 1.57. The smallest absolute Gasteiger partial charge is 0.115 e. The van der Waals surface area contributed by atoms with Gasteiger partial charge in [-0.15, -0.1) is 0 Å². The zero-order chi connectivity index (χ0) is 17.9. The van der Waals surface area contributed by atoms with Crippen LogP contribution in [-0.2, 0) is 11.8 Å². The van der Waals surface area contributed by atoms with Gasteiger partial charge in [-0.1, -0.05) is 65.4 Å². The average Bonchev–Trinajstić information content (AvgIpc) is 2.60. The van der Waals surface area contributed by atoms with Crippen LogP contribution in [0.5, 0.6) is 5.75 Å². The Morgan fingerprint density at radius 3 is 2.60 bits per heavy atom. The van der Waals surface area contributed by atoms with Gasteiger partial charge in [0.15, 0.2) is 0 Å². The molecule has 0 radical (unpaired) electrons. The molecule has 2 bridgehead atoms. The van der Waals surface area contributed by atoms with Gasteiger partial charge in [0, 0.05) is 6.04 Å². The Labute approximate surface area is 154 Å². The third-order valence-electron chi connectivity index (χ3n) is 7.16. The van der Waals surface area contributed by atoms with Crippen molar-refractivity contribution < 1.29 is 5.11 Å². The lowest BCUT2D eigenvalue weighted by atomic mass is 9.59. The quantitative estimate of drug-likeness (QED) is 0.615. The van der Waals surface area contributed by atoms with Crippen LogP contribution in [0.15, 0.2) is 18.2 Å². The van der Waals surface area contributed by atoms with Gasteiger partial charge in [-0.2, -0.15) is 0 Å². The van der Waals surface area contributed by atoms with Gasteiger partial charge < -0.3 is 5.11 Å². The first kappa shape index (κ1) is 18.8. The number of aromatic hydroxyl groups is 1. The van der Waals surface area contributed by atoms with E-state index in [1.165, 1.54) is 75.6 Å². The van der Waals surface area contributed by atoms with Gasteiger partial charge in [-0.3, -0.25) is 4.90 Å². The number of phenols is 1. The predicted octanol–water partition coefficient (Wildman–Crippen LogP) is 5.67. The highest BCUT2D eigenvalue weighted by molar-refractivity contribution is 5.44. The molecule has 25 heavy (non-hydrogen) atoms. The lowest BCUT2D eigenvalue weighted by Crippen LogP contribution is -2.58. The van der Waals surface area contributed by atoms with Gasteiger partial charge in [0.25, 0.3) is 0 Å². The highest BCUT2D eigenvalue weighted by Crippen LogP contribution is 2.49. The molecule has 0 amide bonds. The number of unbranched alkanes of at least 4 members (excludes halogenated alkanes) is 6. The Hall–Kier alpha value is -1.02. The summed E-state index contributed by atoms with van der Waals surface area (Å²) in [5, 5.41) is 9.95. The average molecular weight is 344 g/mol. The highest BCUT2D eigenvalue weighted by Gasteiger charge is 2.48. The molecule has 3 rings (SSSR count). The zero-order valence-electron chi connectivity index (χ0n) is 16.6. The first-order valence-corrected chi connectivity index (χ1v) is 10.6. The summed E-state index contributed by atoms with van der Waals surface area (Å²) in [6.45, 7) is 9.64. The van der Waals surface area contributed by atoms with Crippen LogP contribution >= 0.6 is 0 Å². The van der Waals surface area contributed by atoms with Gasteiger partial charge >= 0.3 is 0 Å². The largest absolute Gasteiger partial charge is 0.508 e. The van der Waals surface area contributed by atoms with Crippen molar-refractivity contribution in [3.63, 3.8) is 0 Å². The normalized spacial score (nSPS) is 28.8. The third-order valence-corrected chi connectivity index (χ3v) is 7.16. The first-order valence-electron chi connectivity index (χ1n) is 10.6. The van der Waals surface area contributed by atoms with E-state index in [2.05, 4.69) is 31.7 Å². The van der Waals surface area contributed by atoms with E-state index in [1.807, 2.05) is 12.1 Å². The molecule has 1 aliphatic heterocycles. The fourth-order valence-electron chi connectivity index (χ4n) is 5.25. The summed E-state index contributed by atoms with van der Waals surface area (Å²) >= 11 is 0. The second kappa shape index (κ2) is 8.12. The maximum Gasteiger partial charge on any atom is 0.115 e. The van der Waals surface area contributed by atoms with Crippen molar-refractivity contribution in [1.82, 2.24) is 4.90 Å². The van der Waals surface area contributed by atoms with Crippen LogP contribution in [0.2, 0.25) is 0 Å². The maximum absolute atomic E-state index is 9.95. The van der Waals surface area contributed by atoms with Gasteiger partial charge in [0.1, 0.15) is 5.75 Å². The first-order chi connectivity index (χ1) is 12.1. The van der Waals surface area contributed by atoms with E-state index in [4.69, 9.17) is 0 Å². The van der Waals surface area contributed by atoms with Gasteiger partial charge in [-0.05, 0) is 66.9 Å². The standard InChI is InChI=1S/C23H37NO/c1-4-5-6-7-8-9-10-14-24-15-13-23(3)18(2)22(24)16-19-11-12-20(25)17-21(19)23/h11-12,17-18,22,25H,4-10,13-16H2,1-3H3/t18-,22+,23+/m1/s1. The number of nitrogens with zero attached hydrogens (tertiary/aromatic N) is 1. The van der Waals surface area contributed by atoms with E-state index in [-0.39, 0.29) is 5.41 Å². The van der Waals surface area contributed by atoms with Crippen LogP contribution in [0.3, 0.4) is 0 Å². The minimum Gasteiger partial charge on any atom is -0.508 e. The van der Waals surface area contributed by atoms with Crippen molar-refractivity contribution in [2.24, 2.45) is 5.92 Å². The van der Waals surface area contributed by atoms with Gasteiger partial charge in [0.05, 0.1) is 0 Å². The molecule has 0 aromatic heterocycles. The highest BCUT2D eigenvalue weighted by atomic mass is 16.3. The molecule has 140 valence electrons. The van der Waals surface area contributed by atoms with Crippen molar-refractivity contribution in [3.05, 3.63) is 29.3 Å². The van der Waals surface area contributed by atoms with E-state index >= 15 is 0 Å². The Bertz CT molecular complexity index is 569. The van der Waals surface area contributed by atoms with Crippen molar-refractivity contribution in [2.75, 3.05) is 13.1 Å². The van der Waals surface area contributed by atoms with E-state index in [1.54, 1.807) is 0 Å². The van der Waals surface area contributed by atoms with Crippen molar-refractivity contribution in [1.29, 1.82) is 0 Å². The van der Waals surface area contributed by atoms with Crippen LogP contribution in [-0.4, -0.2) is 29.1 Å². The molecule has 1 aromatic carbocycles. The number of rotatable bonds is 8. The molecule has 1 aliphatic carbocycles. The molecule has 2 heteroatoms. The molecule has 2 nitrogen and oxygen atoms in total. The fraction of sp³-hybridized carbons (Fsp3) is 0.739. The summed E-state index contributed by atoms with van der Waals surface area (Å²) in [5.74, 6) is 1.09. The number of hydrogen-bond donors (Lipinski definition) is 1. The van der Waals surface area contributed by atoms with Crippen LogP contribution in [0.4, 0.5) is 0 Å². The van der Waals surface area contributed by atoms with E-state index in [0.717, 1.165) is 6.42 Å². The van der Waals surface area contributed by atoms with Crippen LogP contribution in [0, 0.1) is 5.92 Å². The number of phenolic OH excluding ortho intramolecular Hbond substituents is 1. The minimum atomic E-state index is 0.230. The summed E-state index contributed by atoms with van der Waals surface area (Å²) in [7, 11) is 0. The summed E-state index contributed by atoms with van der Waals surface area (Å²) in [6.07, 6.45) is 12.1. The molecule has 1 aromatic rings. The lowest BCUT2D eigenvalue weighted by molar-refractivity contribution is 0.0302. The molecule has 1 fully saturated rings. The fourth-order valence-corrected chi connectivity index (χ4v) is 5.25. The number of hydrogen-bond acceptors (Lipinski definition) is 2. The van der Waals surface area contributed by atoms with Crippen LogP contribution in [0.1, 0.15) is 83.3 Å². The lowest BCUT2D eigenvalue weighted by Gasteiger charge is -2.54. The summed E-state index contributed by atoms with van der Waals surface area (Å²) < 4.78 is 0. The summed E-state index contributed by atoms with van der Waals surface area (Å²) in [5.41, 5.74) is 3.10. The van der Waals surface area contributed by atoms with Crippen LogP contribution in [0.25, 0.3) is 0 Å². The van der Waals surface area contributed by atoms with Crippen LogP contribution < -0.4 is 0 Å². The summed E-state index contributed by atoms with van der Waals surface area (Å²) in [4.78, 5) is 2.77. The maximum atomic E-state index is 9.95. The zero-order valence-corrected chi connectivity index (χ0v) is 16.6. The molecular formula is C23H37NO. The Morgan fingerprint density at radius 2 is 1.84 bits per heavy atom. The van der Waals surface area contributed by atoms with Gasteiger partial charge in [0.2, 0.25) is 0 Å². The second-order valence-electron chi connectivity index (χ2n) is 8.73. The molecule has 3 atom stereocenters. The third kappa shape index (κ3) is 3.89. The monoisotopic (exact) mass is 343 g/mol. The molecule has 1 heterocycles.